The maximum absolute atomic E-state index is 13.7. The highest BCUT2D eigenvalue weighted by atomic mass is 19.1. The number of aromatic hydroxyl groups is 2. The third-order valence-electron chi connectivity index (χ3n) is 3.12. The Morgan fingerprint density at radius 2 is 1.84 bits per heavy atom. The number of nitrogens with zero attached hydrogens (tertiary/aromatic N) is 2. The molecular formula is C14H11FN2O2. The second-order valence-electron chi connectivity index (χ2n) is 4.28. The molecule has 2 aromatic carbocycles. The van der Waals surface area contributed by atoms with Crippen LogP contribution in [0.4, 0.5) is 4.39 Å². The summed E-state index contributed by atoms with van der Waals surface area (Å²) in [6.45, 7) is 0. The van der Waals surface area contributed by atoms with Gasteiger partial charge >= 0.3 is 0 Å². The van der Waals surface area contributed by atoms with Crippen LogP contribution in [0.5, 0.6) is 11.5 Å². The molecule has 0 bridgehead atoms. The van der Waals surface area contributed by atoms with Gasteiger partial charge in [0.25, 0.3) is 0 Å². The zero-order chi connectivity index (χ0) is 13.6. The van der Waals surface area contributed by atoms with E-state index in [1.54, 1.807) is 35.9 Å². The predicted octanol–water partition coefficient (Wildman–Crippen LogP) is 2.79. The highest BCUT2D eigenvalue weighted by Crippen LogP contribution is 2.36. The molecule has 4 nitrogen and oxygen atoms in total. The molecule has 0 aliphatic heterocycles. The Labute approximate surface area is 108 Å². The van der Waals surface area contributed by atoms with E-state index in [0.717, 1.165) is 0 Å². The second-order valence-corrected chi connectivity index (χ2v) is 4.28. The SMILES string of the molecule is Cn1c(-c2cccc(O)c2O)nc2c(F)cccc21. The molecule has 0 unspecified atom stereocenters. The van der Waals surface area contributed by atoms with E-state index >= 15 is 0 Å². The van der Waals surface area contributed by atoms with Gasteiger partial charge in [-0.3, -0.25) is 0 Å². The number of phenols is 2. The van der Waals surface area contributed by atoms with Crippen LogP contribution in [-0.4, -0.2) is 19.8 Å². The van der Waals surface area contributed by atoms with E-state index in [4.69, 9.17) is 0 Å². The smallest absolute Gasteiger partial charge is 0.168 e. The van der Waals surface area contributed by atoms with Gasteiger partial charge in [-0.15, -0.1) is 0 Å². The summed E-state index contributed by atoms with van der Waals surface area (Å²) >= 11 is 0. The number of hydrogen-bond donors (Lipinski definition) is 2. The standard InChI is InChI=1S/C14H11FN2O2/c1-17-10-6-3-5-9(15)12(10)16-14(17)8-4-2-7-11(18)13(8)19/h2-7,18-19H,1H3. The number of benzene rings is 2. The largest absolute Gasteiger partial charge is 0.504 e. The van der Waals surface area contributed by atoms with Crippen molar-refractivity contribution in [2.24, 2.45) is 7.05 Å². The van der Waals surface area contributed by atoms with Crippen molar-refractivity contribution in [1.82, 2.24) is 9.55 Å². The Kier molecular flexibility index (Phi) is 2.41. The Bertz CT molecular complexity index is 780. The van der Waals surface area contributed by atoms with E-state index in [-0.39, 0.29) is 17.0 Å². The minimum absolute atomic E-state index is 0.231. The Morgan fingerprint density at radius 1 is 1.11 bits per heavy atom. The molecule has 19 heavy (non-hydrogen) atoms. The van der Waals surface area contributed by atoms with E-state index in [1.807, 2.05) is 0 Å². The van der Waals surface area contributed by atoms with Crippen LogP contribution in [0.15, 0.2) is 36.4 Å². The average Bonchev–Trinajstić information content (AvgIpc) is 2.72. The summed E-state index contributed by atoms with van der Waals surface area (Å²) in [5.74, 6) is -0.515. The third kappa shape index (κ3) is 1.62. The first-order valence-electron chi connectivity index (χ1n) is 5.72. The zero-order valence-electron chi connectivity index (χ0n) is 10.1. The minimum atomic E-state index is -0.418. The van der Waals surface area contributed by atoms with Gasteiger partial charge in [0.2, 0.25) is 0 Å². The van der Waals surface area contributed by atoms with E-state index in [2.05, 4.69) is 4.98 Å². The third-order valence-corrected chi connectivity index (χ3v) is 3.12. The Morgan fingerprint density at radius 3 is 2.58 bits per heavy atom. The molecular weight excluding hydrogens is 247 g/mol. The molecule has 0 saturated carbocycles. The van der Waals surface area contributed by atoms with Crippen LogP contribution in [0.25, 0.3) is 22.4 Å². The molecule has 2 N–H and O–H groups in total. The van der Waals surface area contributed by atoms with Crippen molar-refractivity contribution in [1.29, 1.82) is 0 Å². The number of fused-ring (bicyclic) bond motifs is 1. The summed E-state index contributed by atoms with van der Waals surface area (Å²) in [7, 11) is 1.73. The molecule has 0 saturated heterocycles. The minimum Gasteiger partial charge on any atom is -0.504 e. The molecule has 3 rings (SSSR count). The quantitative estimate of drug-likeness (QED) is 0.660. The van der Waals surface area contributed by atoms with Gasteiger partial charge in [-0.1, -0.05) is 12.1 Å². The molecule has 0 fully saturated rings. The number of halogens is 1. The summed E-state index contributed by atoms with van der Waals surface area (Å²) in [5, 5.41) is 19.4. The van der Waals surface area contributed by atoms with Gasteiger partial charge in [-0.05, 0) is 24.3 Å². The van der Waals surface area contributed by atoms with Crippen LogP contribution >= 0.6 is 0 Å². The van der Waals surface area contributed by atoms with Crippen LogP contribution in [0.2, 0.25) is 0 Å². The average molecular weight is 258 g/mol. The fourth-order valence-corrected chi connectivity index (χ4v) is 2.13. The number of para-hydroxylation sites is 2. The first kappa shape index (κ1) is 11.5. The highest BCUT2D eigenvalue weighted by molar-refractivity contribution is 5.82. The van der Waals surface area contributed by atoms with Gasteiger partial charge in [0, 0.05) is 7.05 Å². The molecule has 0 amide bonds. The molecule has 1 aromatic heterocycles. The first-order chi connectivity index (χ1) is 9.09. The van der Waals surface area contributed by atoms with Gasteiger partial charge in [-0.2, -0.15) is 0 Å². The van der Waals surface area contributed by atoms with Crippen molar-refractivity contribution < 1.29 is 14.6 Å². The molecule has 0 radical (unpaired) electrons. The van der Waals surface area contributed by atoms with Gasteiger partial charge in [0.15, 0.2) is 17.3 Å². The molecule has 1 heterocycles. The number of phenolic OH excluding ortho intramolecular Hbond substituents is 2. The zero-order valence-corrected chi connectivity index (χ0v) is 10.1. The van der Waals surface area contributed by atoms with E-state index in [0.29, 0.717) is 16.9 Å². The summed E-state index contributed by atoms with van der Waals surface area (Å²) in [6, 6.07) is 9.28. The molecule has 0 aliphatic carbocycles. The highest BCUT2D eigenvalue weighted by Gasteiger charge is 2.16. The second kappa shape index (κ2) is 3.98. The monoisotopic (exact) mass is 258 g/mol. The van der Waals surface area contributed by atoms with Crippen molar-refractivity contribution in [2.75, 3.05) is 0 Å². The van der Waals surface area contributed by atoms with Crippen LogP contribution < -0.4 is 0 Å². The predicted molar refractivity (Wildman–Crippen MR) is 69.4 cm³/mol. The maximum atomic E-state index is 13.7. The molecule has 96 valence electrons. The Balaban J connectivity index is 2.35. The first-order valence-corrected chi connectivity index (χ1v) is 5.72. The fraction of sp³-hybridized carbons (Fsp3) is 0.0714. The lowest BCUT2D eigenvalue weighted by atomic mass is 10.2. The van der Waals surface area contributed by atoms with E-state index < -0.39 is 5.82 Å². The van der Waals surface area contributed by atoms with Crippen molar-refractivity contribution in [3.63, 3.8) is 0 Å². The molecule has 3 aromatic rings. The number of rotatable bonds is 1. The van der Waals surface area contributed by atoms with Gasteiger partial charge < -0.3 is 14.8 Å². The topological polar surface area (TPSA) is 58.3 Å². The molecule has 0 spiro atoms. The summed E-state index contributed by atoms with van der Waals surface area (Å²) < 4.78 is 15.4. The van der Waals surface area contributed by atoms with Crippen molar-refractivity contribution in [3.05, 3.63) is 42.2 Å². The fourth-order valence-electron chi connectivity index (χ4n) is 2.13. The normalized spacial score (nSPS) is 11.1. The lowest BCUT2D eigenvalue weighted by Crippen LogP contribution is -1.92. The summed E-state index contributed by atoms with van der Waals surface area (Å²) in [5.41, 5.74) is 1.22. The maximum Gasteiger partial charge on any atom is 0.168 e. The van der Waals surface area contributed by atoms with E-state index in [1.165, 1.54) is 12.1 Å². The van der Waals surface area contributed by atoms with Gasteiger partial charge in [-0.25, -0.2) is 9.37 Å². The molecule has 5 heteroatoms. The molecule has 0 aliphatic rings. The number of aromatic nitrogens is 2. The lowest BCUT2D eigenvalue weighted by Gasteiger charge is -2.06. The number of aryl methyl sites for hydroxylation is 1. The summed E-state index contributed by atoms with van der Waals surface area (Å²) in [4.78, 5) is 4.20. The van der Waals surface area contributed by atoms with Gasteiger partial charge in [0.1, 0.15) is 11.3 Å². The number of hydrogen-bond acceptors (Lipinski definition) is 3. The van der Waals surface area contributed by atoms with Crippen LogP contribution in [0.1, 0.15) is 0 Å². The van der Waals surface area contributed by atoms with Crippen LogP contribution in [0.3, 0.4) is 0 Å². The van der Waals surface area contributed by atoms with Crippen molar-refractivity contribution in [2.45, 2.75) is 0 Å². The van der Waals surface area contributed by atoms with E-state index in [9.17, 15) is 14.6 Å². The Hall–Kier alpha value is -2.56. The lowest BCUT2D eigenvalue weighted by molar-refractivity contribution is 0.405. The van der Waals surface area contributed by atoms with Gasteiger partial charge in [0.05, 0.1) is 11.1 Å². The number of imidazole rings is 1. The van der Waals surface area contributed by atoms with Crippen LogP contribution in [-0.2, 0) is 7.05 Å². The van der Waals surface area contributed by atoms with Crippen molar-refractivity contribution in [3.8, 4) is 22.9 Å². The molecule has 0 atom stereocenters. The van der Waals surface area contributed by atoms with Crippen molar-refractivity contribution >= 4 is 11.0 Å². The summed E-state index contributed by atoms with van der Waals surface area (Å²) in [6.07, 6.45) is 0. The van der Waals surface area contributed by atoms with Crippen LogP contribution in [0, 0.1) is 5.82 Å².